The molecule has 0 N–H and O–H groups in total. The molecular formula is C12H22ClNO3. The fourth-order valence-electron chi connectivity index (χ4n) is 1.41. The molecule has 0 heterocycles. The van der Waals surface area contributed by atoms with E-state index in [9.17, 15) is 9.59 Å². The predicted octanol–water partition coefficient (Wildman–Crippen LogP) is 1.91. The van der Waals surface area contributed by atoms with Crippen molar-refractivity contribution in [3.8, 4) is 0 Å². The Morgan fingerprint density at radius 3 is 2.29 bits per heavy atom. The molecule has 1 amide bonds. The van der Waals surface area contributed by atoms with Crippen LogP contribution in [0.1, 0.15) is 27.7 Å². The number of esters is 1. The number of rotatable bonds is 7. The van der Waals surface area contributed by atoms with E-state index in [1.807, 2.05) is 13.8 Å². The number of ether oxygens (including phenoxy) is 1. The summed E-state index contributed by atoms with van der Waals surface area (Å²) in [7, 11) is 0. The van der Waals surface area contributed by atoms with E-state index in [-0.39, 0.29) is 30.2 Å². The van der Waals surface area contributed by atoms with Crippen LogP contribution in [-0.2, 0) is 14.3 Å². The van der Waals surface area contributed by atoms with Gasteiger partial charge in [-0.15, -0.1) is 11.6 Å². The number of amides is 1. The van der Waals surface area contributed by atoms with Crippen LogP contribution < -0.4 is 0 Å². The minimum absolute atomic E-state index is 0.00603. The molecule has 0 saturated carbocycles. The Morgan fingerprint density at radius 1 is 1.29 bits per heavy atom. The van der Waals surface area contributed by atoms with Gasteiger partial charge >= 0.3 is 5.97 Å². The third kappa shape index (κ3) is 6.51. The number of carbonyl (C=O) groups is 2. The number of alkyl halides is 1. The van der Waals surface area contributed by atoms with Crippen molar-refractivity contribution in [3.63, 3.8) is 0 Å². The first-order valence-electron chi connectivity index (χ1n) is 5.92. The first-order chi connectivity index (χ1) is 7.92. The molecule has 0 spiro atoms. The van der Waals surface area contributed by atoms with E-state index in [2.05, 4.69) is 0 Å². The molecule has 0 fully saturated rings. The standard InChI is InChI=1S/C12H22ClNO3/c1-5-17-11(15)8-14(7-9(2)3)12(16)10(4)6-13/h9-10H,5-8H2,1-4H3. The Kier molecular flexibility index (Phi) is 7.96. The van der Waals surface area contributed by atoms with Crippen molar-refractivity contribution < 1.29 is 14.3 Å². The minimum Gasteiger partial charge on any atom is -0.465 e. The van der Waals surface area contributed by atoms with Crippen molar-refractivity contribution in [1.82, 2.24) is 4.90 Å². The Hall–Kier alpha value is -0.770. The molecule has 0 aliphatic rings. The number of halogens is 1. The normalized spacial score (nSPS) is 12.4. The van der Waals surface area contributed by atoms with Gasteiger partial charge in [-0.05, 0) is 12.8 Å². The lowest BCUT2D eigenvalue weighted by Gasteiger charge is -2.25. The van der Waals surface area contributed by atoms with E-state index in [4.69, 9.17) is 16.3 Å². The van der Waals surface area contributed by atoms with Gasteiger partial charge in [-0.1, -0.05) is 20.8 Å². The van der Waals surface area contributed by atoms with Crippen LogP contribution in [0.25, 0.3) is 0 Å². The molecule has 0 aromatic rings. The molecule has 5 heteroatoms. The topological polar surface area (TPSA) is 46.6 Å². The second-order valence-corrected chi connectivity index (χ2v) is 4.78. The van der Waals surface area contributed by atoms with Gasteiger partial charge in [-0.3, -0.25) is 9.59 Å². The lowest BCUT2D eigenvalue weighted by molar-refractivity contribution is -0.150. The lowest BCUT2D eigenvalue weighted by atomic mass is 10.1. The highest BCUT2D eigenvalue weighted by molar-refractivity contribution is 6.19. The molecule has 0 aliphatic heterocycles. The zero-order valence-electron chi connectivity index (χ0n) is 11.0. The van der Waals surface area contributed by atoms with Crippen molar-refractivity contribution >= 4 is 23.5 Å². The summed E-state index contributed by atoms with van der Waals surface area (Å²) in [4.78, 5) is 24.9. The molecule has 17 heavy (non-hydrogen) atoms. The van der Waals surface area contributed by atoms with Gasteiger partial charge in [0.05, 0.1) is 6.61 Å². The van der Waals surface area contributed by atoms with Gasteiger partial charge in [0.25, 0.3) is 0 Å². The summed E-state index contributed by atoms with van der Waals surface area (Å²) in [5.41, 5.74) is 0. The molecule has 0 aliphatic carbocycles. The number of nitrogens with zero attached hydrogens (tertiary/aromatic N) is 1. The molecule has 0 radical (unpaired) electrons. The Balaban J connectivity index is 4.52. The average Bonchev–Trinajstić information content (AvgIpc) is 2.25. The summed E-state index contributed by atoms with van der Waals surface area (Å²) >= 11 is 5.66. The van der Waals surface area contributed by atoms with Crippen LogP contribution in [0.15, 0.2) is 0 Å². The number of carbonyl (C=O) groups excluding carboxylic acids is 2. The molecular weight excluding hydrogens is 242 g/mol. The van der Waals surface area contributed by atoms with E-state index < -0.39 is 0 Å². The third-order valence-corrected chi connectivity index (χ3v) is 2.64. The van der Waals surface area contributed by atoms with E-state index in [0.717, 1.165) is 0 Å². The lowest BCUT2D eigenvalue weighted by Crippen LogP contribution is -2.42. The van der Waals surface area contributed by atoms with Gasteiger partial charge in [-0.25, -0.2) is 0 Å². The monoisotopic (exact) mass is 263 g/mol. The summed E-state index contributed by atoms with van der Waals surface area (Å²) in [5, 5.41) is 0. The van der Waals surface area contributed by atoms with Crippen molar-refractivity contribution in [2.24, 2.45) is 11.8 Å². The predicted molar refractivity (Wildman–Crippen MR) is 67.9 cm³/mol. The van der Waals surface area contributed by atoms with Gasteiger partial charge < -0.3 is 9.64 Å². The van der Waals surface area contributed by atoms with E-state index in [1.54, 1.807) is 13.8 Å². The number of hydrogen-bond acceptors (Lipinski definition) is 3. The molecule has 100 valence electrons. The SMILES string of the molecule is CCOC(=O)CN(CC(C)C)C(=O)C(C)CCl. The minimum atomic E-state index is -0.372. The second kappa shape index (κ2) is 8.34. The van der Waals surface area contributed by atoms with Crippen LogP contribution in [0.2, 0.25) is 0 Å². The highest BCUT2D eigenvalue weighted by Gasteiger charge is 2.23. The van der Waals surface area contributed by atoms with Crippen molar-refractivity contribution in [3.05, 3.63) is 0 Å². The van der Waals surface area contributed by atoms with Crippen LogP contribution in [0.3, 0.4) is 0 Å². The summed E-state index contributed by atoms with van der Waals surface area (Å²) < 4.78 is 4.85. The quantitative estimate of drug-likeness (QED) is 0.521. The first kappa shape index (κ1) is 16.2. The van der Waals surface area contributed by atoms with Crippen LogP contribution in [0.5, 0.6) is 0 Å². The maximum Gasteiger partial charge on any atom is 0.325 e. The van der Waals surface area contributed by atoms with E-state index in [0.29, 0.717) is 19.1 Å². The highest BCUT2D eigenvalue weighted by atomic mass is 35.5. The Labute approximate surface area is 108 Å². The first-order valence-corrected chi connectivity index (χ1v) is 6.46. The van der Waals surface area contributed by atoms with Gasteiger partial charge in [-0.2, -0.15) is 0 Å². The summed E-state index contributed by atoms with van der Waals surface area (Å²) in [6.45, 7) is 8.37. The highest BCUT2D eigenvalue weighted by Crippen LogP contribution is 2.08. The van der Waals surface area contributed by atoms with E-state index in [1.165, 1.54) is 4.90 Å². The van der Waals surface area contributed by atoms with Crippen molar-refractivity contribution in [2.45, 2.75) is 27.7 Å². The molecule has 1 atom stereocenters. The van der Waals surface area contributed by atoms with Crippen molar-refractivity contribution in [2.75, 3.05) is 25.6 Å². The van der Waals surface area contributed by atoms with Gasteiger partial charge in [0, 0.05) is 18.3 Å². The van der Waals surface area contributed by atoms with Crippen LogP contribution in [0, 0.1) is 11.8 Å². The Morgan fingerprint density at radius 2 is 1.88 bits per heavy atom. The van der Waals surface area contributed by atoms with Crippen molar-refractivity contribution in [1.29, 1.82) is 0 Å². The fraction of sp³-hybridized carbons (Fsp3) is 0.833. The molecule has 1 unspecified atom stereocenters. The largest absolute Gasteiger partial charge is 0.465 e. The Bertz CT molecular complexity index is 256. The van der Waals surface area contributed by atoms with Gasteiger partial charge in [0.1, 0.15) is 6.54 Å². The second-order valence-electron chi connectivity index (χ2n) is 4.47. The zero-order chi connectivity index (χ0) is 13.4. The molecule has 0 aromatic heterocycles. The number of hydrogen-bond donors (Lipinski definition) is 0. The van der Waals surface area contributed by atoms with E-state index >= 15 is 0 Å². The van der Waals surface area contributed by atoms with Crippen LogP contribution >= 0.6 is 11.6 Å². The molecule has 0 saturated heterocycles. The van der Waals surface area contributed by atoms with Crippen LogP contribution in [0.4, 0.5) is 0 Å². The van der Waals surface area contributed by atoms with Gasteiger partial charge in [0.15, 0.2) is 0 Å². The summed E-state index contributed by atoms with van der Waals surface area (Å²) in [6.07, 6.45) is 0. The van der Waals surface area contributed by atoms with Gasteiger partial charge in [0.2, 0.25) is 5.91 Å². The fourth-order valence-corrected chi connectivity index (χ4v) is 1.55. The maximum absolute atomic E-state index is 12.0. The summed E-state index contributed by atoms with van der Waals surface area (Å²) in [5.74, 6) is -0.179. The molecule has 0 bridgehead atoms. The average molecular weight is 264 g/mol. The van der Waals surface area contributed by atoms with Crippen LogP contribution in [-0.4, -0.2) is 42.4 Å². The molecule has 4 nitrogen and oxygen atoms in total. The summed E-state index contributed by atoms with van der Waals surface area (Å²) in [6, 6.07) is 0. The molecule has 0 aromatic carbocycles. The zero-order valence-corrected chi connectivity index (χ0v) is 11.8. The third-order valence-electron chi connectivity index (χ3n) is 2.18. The molecule has 0 rings (SSSR count). The maximum atomic E-state index is 12.0. The smallest absolute Gasteiger partial charge is 0.325 e.